The Labute approximate surface area is 163 Å². The van der Waals surface area contributed by atoms with Crippen LogP contribution in [0.2, 0.25) is 0 Å². The first kappa shape index (κ1) is 19.6. The van der Waals surface area contributed by atoms with Crippen LogP contribution in [-0.2, 0) is 4.74 Å². The van der Waals surface area contributed by atoms with Crippen LogP contribution in [0.25, 0.3) is 0 Å². The molecule has 2 N–H and O–H groups in total. The molecule has 146 valence electrons. The molecule has 0 bridgehead atoms. The average molecular weight is 380 g/mol. The quantitative estimate of drug-likeness (QED) is 0.479. The fourth-order valence-corrected chi connectivity index (χ4v) is 3.39. The van der Waals surface area contributed by atoms with Crippen molar-refractivity contribution in [3.05, 3.63) is 82.6 Å². The van der Waals surface area contributed by atoms with Gasteiger partial charge < -0.3 is 14.1 Å². The van der Waals surface area contributed by atoms with Crippen molar-refractivity contribution in [1.82, 2.24) is 10.3 Å². The van der Waals surface area contributed by atoms with E-state index in [1.165, 1.54) is 7.11 Å². The Morgan fingerprint density at radius 1 is 1.11 bits per heavy atom. The third-order valence-corrected chi connectivity index (χ3v) is 4.84. The number of benzene rings is 1. The predicted molar refractivity (Wildman–Crippen MR) is 106 cm³/mol. The zero-order chi connectivity index (χ0) is 20.3. The summed E-state index contributed by atoms with van der Waals surface area (Å²) in [7, 11) is 1.33. The van der Waals surface area contributed by atoms with Gasteiger partial charge in [0.15, 0.2) is 5.78 Å². The van der Waals surface area contributed by atoms with Crippen LogP contribution in [0.1, 0.15) is 56.4 Å². The Morgan fingerprint density at radius 2 is 1.82 bits per heavy atom. The van der Waals surface area contributed by atoms with Crippen LogP contribution in [-0.4, -0.2) is 29.9 Å². The van der Waals surface area contributed by atoms with E-state index in [2.05, 4.69) is 10.3 Å². The van der Waals surface area contributed by atoms with Gasteiger partial charge in [-0.2, -0.15) is 0 Å². The van der Waals surface area contributed by atoms with Crippen molar-refractivity contribution < 1.29 is 18.7 Å². The van der Waals surface area contributed by atoms with Gasteiger partial charge in [0.05, 0.1) is 36.7 Å². The molecule has 0 amide bonds. The third kappa shape index (κ3) is 3.77. The highest BCUT2D eigenvalue weighted by atomic mass is 16.5. The maximum atomic E-state index is 13.1. The molecule has 0 spiro atoms. The number of carbonyl (C=O) groups is 2. The number of aromatic nitrogens is 1. The van der Waals surface area contributed by atoms with Gasteiger partial charge in [-0.15, -0.1) is 0 Å². The number of aromatic amines is 1. The highest BCUT2D eigenvalue weighted by molar-refractivity contribution is 6.03. The van der Waals surface area contributed by atoms with Crippen molar-refractivity contribution in [2.24, 2.45) is 0 Å². The first-order valence-electron chi connectivity index (χ1n) is 9.10. The first-order valence-corrected chi connectivity index (χ1v) is 9.10. The molecule has 0 radical (unpaired) electrons. The van der Waals surface area contributed by atoms with E-state index in [0.29, 0.717) is 22.5 Å². The molecular formula is C22H24N2O4. The number of methoxy groups -OCH3 is 1. The molecule has 0 saturated carbocycles. The SMILES string of the molecule is COC(=O)c1c(C)[nH]c(C(=O)[C@H](C)N[C@H](c2ccccc2)c2ccco2)c1C. The van der Waals surface area contributed by atoms with Gasteiger partial charge in [0.25, 0.3) is 0 Å². The van der Waals surface area contributed by atoms with Gasteiger partial charge in [0.2, 0.25) is 0 Å². The second-order valence-electron chi connectivity index (χ2n) is 6.73. The predicted octanol–water partition coefficient (Wildman–Crippen LogP) is 3.96. The summed E-state index contributed by atoms with van der Waals surface area (Å²) in [6, 6.07) is 12.7. The smallest absolute Gasteiger partial charge is 0.339 e. The number of furan rings is 1. The van der Waals surface area contributed by atoms with Gasteiger partial charge in [-0.05, 0) is 44.0 Å². The highest BCUT2D eigenvalue weighted by Crippen LogP contribution is 2.25. The maximum Gasteiger partial charge on any atom is 0.339 e. The van der Waals surface area contributed by atoms with Crippen LogP contribution in [0.3, 0.4) is 0 Å². The number of ketones is 1. The summed E-state index contributed by atoms with van der Waals surface area (Å²) in [4.78, 5) is 28.1. The molecule has 0 aliphatic carbocycles. The molecule has 0 aliphatic rings. The number of hydrogen-bond donors (Lipinski definition) is 2. The normalized spacial score (nSPS) is 13.1. The number of carbonyl (C=O) groups excluding carboxylic acids is 2. The van der Waals surface area contributed by atoms with Gasteiger partial charge in [0.1, 0.15) is 5.76 Å². The molecule has 6 heteroatoms. The van der Waals surface area contributed by atoms with Gasteiger partial charge >= 0.3 is 5.97 Å². The van der Waals surface area contributed by atoms with Crippen LogP contribution < -0.4 is 5.32 Å². The summed E-state index contributed by atoms with van der Waals surface area (Å²) < 4.78 is 10.4. The van der Waals surface area contributed by atoms with E-state index >= 15 is 0 Å². The fraction of sp³-hybridized carbons (Fsp3) is 0.273. The molecule has 2 heterocycles. The van der Waals surface area contributed by atoms with E-state index in [9.17, 15) is 9.59 Å². The van der Waals surface area contributed by atoms with E-state index in [1.807, 2.05) is 42.5 Å². The van der Waals surface area contributed by atoms with Crippen LogP contribution in [0.15, 0.2) is 53.1 Å². The second kappa shape index (κ2) is 8.27. The van der Waals surface area contributed by atoms with E-state index < -0.39 is 12.0 Å². The van der Waals surface area contributed by atoms with Gasteiger partial charge in [-0.1, -0.05) is 30.3 Å². The van der Waals surface area contributed by atoms with Crippen LogP contribution in [0.5, 0.6) is 0 Å². The van der Waals surface area contributed by atoms with E-state index in [4.69, 9.17) is 9.15 Å². The van der Waals surface area contributed by atoms with Gasteiger partial charge in [-0.3, -0.25) is 10.1 Å². The minimum atomic E-state index is -0.516. The number of H-pyrrole nitrogens is 1. The highest BCUT2D eigenvalue weighted by Gasteiger charge is 2.28. The average Bonchev–Trinajstić information content (AvgIpc) is 3.33. The molecule has 28 heavy (non-hydrogen) atoms. The summed E-state index contributed by atoms with van der Waals surface area (Å²) in [6.45, 7) is 5.30. The zero-order valence-electron chi connectivity index (χ0n) is 16.4. The lowest BCUT2D eigenvalue weighted by atomic mass is 10.0. The molecule has 1 aromatic carbocycles. The fourth-order valence-electron chi connectivity index (χ4n) is 3.39. The minimum Gasteiger partial charge on any atom is -0.467 e. The summed E-state index contributed by atoms with van der Waals surface area (Å²) >= 11 is 0. The number of ether oxygens (including phenoxy) is 1. The van der Waals surface area contributed by atoms with Crippen molar-refractivity contribution in [3.8, 4) is 0 Å². The Morgan fingerprint density at radius 3 is 2.43 bits per heavy atom. The summed E-state index contributed by atoms with van der Waals surface area (Å²) in [5.41, 5.74) is 3.02. The minimum absolute atomic E-state index is 0.136. The lowest BCUT2D eigenvalue weighted by molar-refractivity contribution is 0.0599. The number of Topliss-reactive ketones (excluding diaryl/α,β-unsaturated/α-hetero) is 1. The van der Waals surface area contributed by atoms with Crippen LogP contribution in [0, 0.1) is 13.8 Å². The largest absolute Gasteiger partial charge is 0.467 e. The molecule has 3 rings (SSSR count). The number of nitrogens with one attached hydrogen (secondary N) is 2. The molecule has 3 aromatic rings. The van der Waals surface area contributed by atoms with Crippen LogP contribution >= 0.6 is 0 Å². The van der Waals surface area contributed by atoms with Gasteiger partial charge in [0, 0.05) is 5.69 Å². The molecule has 6 nitrogen and oxygen atoms in total. The molecule has 2 aromatic heterocycles. The zero-order valence-corrected chi connectivity index (χ0v) is 16.4. The number of aryl methyl sites for hydroxylation is 1. The van der Waals surface area contributed by atoms with E-state index in [1.54, 1.807) is 27.0 Å². The van der Waals surface area contributed by atoms with Crippen molar-refractivity contribution in [3.63, 3.8) is 0 Å². The molecular weight excluding hydrogens is 356 g/mol. The number of hydrogen-bond acceptors (Lipinski definition) is 5. The third-order valence-electron chi connectivity index (χ3n) is 4.84. The Bertz CT molecular complexity index is 958. The second-order valence-corrected chi connectivity index (χ2v) is 6.73. The Balaban J connectivity index is 1.88. The molecule has 2 atom stereocenters. The van der Waals surface area contributed by atoms with Crippen molar-refractivity contribution in [2.75, 3.05) is 7.11 Å². The van der Waals surface area contributed by atoms with Gasteiger partial charge in [-0.25, -0.2) is 4.79 Å². The summed E-state index contributed by atoms with van der Waals surface area (Å²) in [5.74, 6) is 0.132. The maximum absolute atomic E-state index is 13.1. The topological polar surface area (TPSA) is 84.3 Å². The van der Waals surface area contributed by atoms with Crippen molar-refractivity contribution in [1.29, 1.82) is 0 Å². The molecule has 0 saturated heterocycles. The monoisotopic (exact) mass is 380 g/mol. The van der Waals surface area contributed by atoms with Crippen molar-refractivity contribution >= 4 is 11.8 Å². The standard InChI is InChI=1S/C22H24N2O4/c1-13-18(22(26)27-4)14(2)23-19(13)21(25)15(3)24-20(17-11-8-12-28-17)16-9-6-5-7-10-16/h5-12,15,20,23-24H,1-4H3/t15-,20+/m0/s1. The number of esters is 1. The lowest BCUT2D eigenvalue weighted by Gasteiger charge is -2.21. The summed E-state index contributed by atoms with van der Waals surface area (Å²) in [6.07, 6.45) is 1.61. The molecule has 0 fully saturated rings. The Kier molecular flexibility index (Phi) is 5.80. The molecule has 0 unspecified atom stereocenters. The summed E-state index contributed by atoms with van der Waals surface area (Å²) in [5, 5.41) is 3.35. The Hall–Kier alpha value is -3.12. The lowest BCUT2D eigenvalue weighted by Crippen LogP contribution is -2.37. The first-order chi connectivity index (χ1) is 13.4. The van der Waals surface area contributed by atoms with Crippen LogP contribution in [0.4, 0.5) is 0 Å². The van der Waals surface area contributed by atoms with E-state index in [0.717, 1.165) is 11.3 Å². The number of rotatable bonds is 7. The van der Waals surface area contributed by atoms with E-state index in [-0.39, 0.29) is 11.8 Å². The molecule has 0 aliphatic heterocycles. The van der Waals surface area contributed by atoms with Crippen molar-refractivity contribution in [2.45, 2.75) is 32.9 Å².